The topological polar surface area (TPSA) is 48.0 Å². The molecule has 0 atom stereocenters. The van der Waals surface area contributed by atoms with Crippen molar-refractivity contribution in [2.45, 2.75) is 38.1 Å². The molecule has 30 heavy (non-hydrogen) atoms. The van der Waals surface area contributed by atoms with Crippen LogP contribution in [0.2, 0.25) is 0 Å². The van der Waals surface area contributed by atoms with E-state index in [2.05, 4.69) is 49.3 Å². The van der Waals surface area contributed by atoms with E-state index < -0.39 is 0 Å². The molecule has 1 aliphatic carbocycles. The molecule has 0 radical (unpaired) electrons. The third-order valence-corrected chi connectivity index (χ3v) is 6.26. The van der Waals surface area contributed by atoms with Gasteiger partial charge in [0.1, 0.15) is 5.69 Å². The Labute approximate surface area is 175 Å². The maximum atomic E-state index is 5.03. The van der Waals surface area contributed by atoms with Crippen molar-refractivity contribution in [1.29, 1.82) is 0 Å². The second kappa shape index (κ2) is 7.10. The second-order valence-corrected chi connectivity index (χ2v) is 8.15. The highest BCUT2D eigenvalue weighted by Gasteiger charge is 2.18. The van der Waals surface area contributed by atoms with Crippen molar-refractivity contribution in [3.8, 4) is 22.5 Å². The molecule has 6 rings (SSSR count). The minimum atomic E-state index is 0.550. The Morgan fingerprint density at radius 2 is 1.73 bits per heavy atom. The lowest BCUT2D eigenvalue weighted by molar-refractivity contribution is 0.359. The van der Waals surface area contributed by atoms with Crippen LogP contribution in [0.1, 0.15) is 38.1 Å². The summed E-state index contributed by atoms with van der Waals surface area (Å²) >= 11 is 0. The van der Waals surface area contributed by atoms with Crippen LogP contribution in [0.15, 0.2) is 73.4 Å². The molecule has 0 amide bonds. The van der Waals surface area contributed by atoms with Crippen LogP contribution in [0.4, 0.5) is 0 Å². The number of hydrogen-bond donors (Lipinski definition) is 0. The smallest absolute Gasteiger partial charge is 0.163 e. The molecule has 3 aromatic heterocycles. The van der Waals surface area contributed by atoms with Gasteiger partial charge in [-0.25, -0.2) is 15.0 Å². The predicted molar refractivity (Wildman–Crippen MR) is 119 cm³/mol. The molecule has 5 nitrogen and oxygen atoms in total. The molecule has 1 aliphatic rings. The van der Waals surface area contributed by atoms with E-state index in [9.17, 15) is 0 Å². The Morgan fingerprint density at radius 1 is 0.867 bits per heavy atom. The number of benzene rings is 2. The van der Waals surface area contributed by atoms with E-state index in [0.717, 1.165) is 33.7 Å². The molecule has 3 heterocycles. The molecule has 0 N–H and O–H groups in total. The molecule has 0 spiro atoms. The molecule has 5 aromatic rings. The number of aromatic nitrogens is 5. The average molecular weight is 393 g/mol. The normalized spacial score (nSPS) is 15.2. The number of imidazole rings is 2. The Hall–Kier alpha value is -3.47. The van der Waals surface area contributed by atoms with Crippen molar-refractivity contribution < 1.29 is 0 Å². The molecule has 148 valence electrons. The predicted octanol–water partition coefficient (Wildman–Crippen LogP) is 5.92. The van der Waals surface area contributed by atoms with Gasteiger partial charge in [-0.05, 0) is 25.0 Å². The number of nitrogens with zero attached hydrogens (tertiary/aromatic N) is 5. The lowest BCUT2D eigenvalue weighted by Crippen LogP contribution is -2.11. The van der Waals surface area contributed by atoms with E-state index in [1.54, 1.807) is 0 Å². The molecular formula is C25H23N5. The summed E-state index contributed by atoms with van der Waals surface area (Å²) in [5.74, 6) is 0. The summed E-state index contributed by atoms with van der Waals surface area (Å²) in [5, 5.41) is 0. The Balaban J connectivity index is 1.52. The van der Waals surface area contributed by atoms with Crippen LogP contribution >= 0.6 is 0 Å². The summed E-state index contributed by atoms with van der Waals surface area (Å²) in [5.41, 5.74) is 7.13. The minimum Gasteiger partial charge on any atom is -0.327 e. The van der Waals surface area contributed by atoms with E-state index in [0.29, 0.717) is 6.04 Å². The summed E-state index contributed by atoms with van der Waals surface area (Å²) in [4.78, 5) is 14.3. The van der Waals surface area contributed by atoms with Gasteiger partial charge in [0.15, 0.2) is 5.65 Å². The minimum absolute atomic E-state index is 0.550. The van der Waals surface area contributed by atoms with Gasteiger partial charge in [0, 0.05) is 35.8 Å². The van der Waals surface area contributed by atoms with Gasteiger partial charge < -0.3 is 8.97 Å². The van der Waals surface area contributed by atoms with Crippen molar-refractivity contribution >= 4 is 16.7 Å². The Kier molecular flexibility index (Phi) is 4.11. The lowest BCUT2D eigenvalue weighted by Gasteiger charge is -2.23. The number of hydrogen-bond acceptors (Lipinski definition) is 3. The lowest BCUT2D eigenvalue weighted by atomic mass is 9.95. The van der Waals surface area contributed by atoms with Crippen molar-refractivity contribution in [2.75, 3.05) is 0 Å². The summed E-state index contributed by atoms with van der Waals surface area (Å²) in [6.07, 6.45) is 14.3. The Morgan fingerprint density at radius 3 is 2.60 bits per heavy atom. The van der Waals surface area contributed by atoms with Crippen molar-refractivity contribution in [2.24, 2.45) is 0 Å². The Bertz CT molecular complexity index is 1330. The first-order valence-corrected chi connectivity index (χ1v) is 10.7. The molecular weight excluding hydrogens is 370 g/mol. The monoisotopic (exact) mass is 393 g/mol. The first kappa shape index (κ1) is 17.4. The quantitative estimate of drug-likeness (QED) is 0.382. The van der Waals surface area contributed by atoms with Gasteiger partial charge in [0.05, 0.1) is 23.1 Å². The number of rotatable bonds is 3. The zero-order valence-corrected chi connectivity index (χ0v) is 16.8. The maximum absolute atomic E-state index is 5.03. The first-order chi connectivity index (χ1) is 14.9. The third-order valence-electron chi connectivity index (χ3n) is 6.26. The molecule has 0 aliphatic heterocycles. The molecule has 0 unspecified atom stereocenters. The maximum Gasteiger partial charge on any atom is 0.163 e. The molecule has 0 saturated heterocycles. The zero-order chi connectivity index (χ0) is 19.9. The molecule has 5 heteroatoms. The van der Waals surface area contributed by atoms with Crippen molar-refractivity contribution in [3.63, 3.8) is 0 Å². The second-order valence-electron chi connectivity index (χ2n) is 8.15. The number of fused-ring (bicyclic) bond motifs is 2. The highest BCUT2D eigenvalue weighted by Crippen LogP contribution is 2.33. The van der Waals surface area contributed by atoms with E-state index in [1.807, 2.05) is 43.1 Å². The molecule has 1 fully saturated rings. The largest absolute Gasteiger partial charge is 0.327 e. The highest BCUT2D eigenvalue weighted by atomic mass is 15.1. The zero-order valence-electron chi connectivity index (χ0n) is 16.8. The average Bonchev–Trinajstić information content (AvgIpc) is 3.46. The summed E-state index contributed by atoms with van der Waals surface area (Å²) < 4.78 is 4.44. The third kappa shape index (κ3) is 2.89. The summed E-state index contributed by atoms with van der Waals surface area (Å²) in [6, 6.07) is 17.3. The van der Waals surface area contributed by atoms with Crippen LogP contribution < -0.4 is 0 Å². The van der Waals surface area contributed by atoms with Crippen LogP contribution in [-0.2, 0) is 0 Å². The van der Waals surface area contributed by atoms with Gasteiger partial charge in [0.25, 0.3) is 0 Å². The van der Waals surface area contributed by atoms with Crippen LogP contribution in [-0.4, -0.2) is 23.9 Å². The fourth-order valence-electron chi connectivity index (χ4n) is 4.70. The fraction of sp³-hybridized carbons (Fsp3) is 0.240. The van der Waals surface area contributed by atoms with Gasteiger partial charge in [-0.3, -0.25) is 0 Å². The molecule has 2 aromatic carbocycles. The van der Waals surface area contributed by atoms with E-state index in [1.165, 1.54) is 37.6 Å². The van der Waals surface area contributed by atoms with Crippen LogP contribution in [0.25, 0.3) is 39.2 Å². The highest BCUT2D eigenvalue weighted by molar-refractivity contribution is 5.85. The van der Waals surface area contributed by atoms with Crippen LogP contribution in [0.3, 0.4) is 0 Å². The first-order valence-electron chi connectivity index (χ1n) is 10.7. The summed E-state index contributed by atoms with van der Waals surface area (Å²) in [6.45, 7) is 0. The van der Waals surface area contributed by atoms with Gasteiger partial charge >= 0.3 is 0 Å². The van der Waals surface area contributed by atoms with E-state index >= 15 is 0 Å². The molecule has 0 bridgehead atoms. The van der Waals surface area contributed by atoms with Crippen molar-refractivity contribution in [3.05, 3.63) is 73.4 Å². The van der Waals surface area contributed by atoms with E-state index in [4.69, 9.17) is 4.98 Å². The van der Waals surface area contributed by atoms with Crippen LogP contribution in [0.5, 0.6) is 0 Å². The van der Waals surface area contributed by atoms with Gasteiger partial charge in [-0.1, -0.05) is 55.7 Å². The SMILES string of the molecule is c1ccc(-c2cn3ccnc3c(-c3ccc4ncn(C5CCCCC5)c4c3)n2)cc1. The van der Waals surface area contributed by atoms with Gasteiger partial charge in [-0.2, -0.15) is 0 Å². The van der Waals surface area contributed by atoms with Gasteiger partial charge in [-0.15, -0.1) is 0 Å². The van der Waals surface area contributed by atoms with Gasteiger partial charge in [0.2, 0.25) is 0 Å². The van der Waals surface area contributed by atoms with Crippen LogP contribution in [0, 0.1) is 0 Å². The van der Waals surface area contributed by atoms with E-state index in [-0.39, 0.29) is 0 Å². The fourth-order valence-corrected chi connectivity index (χ4v) is 4.70. The van der Waals surface area contributed by atoms with Crippen molar-refractivity contribution in [1.82, 2.24) is 23.9 Å². The standard InChI is InChI=1S/C25H23N5/c1-3-7-18(8-4-1)22-16-29-14-13-26-25(29)24(28-22)19-11-12-21-23(15-19)30(17-27-21)20-9-5-2-6-10-20/h1,3-4,7-8,11-17,20H,2,5-6,9-10H2. The summed E-state index contributed by atoms with van der Waals surface area (Å²) in [7, 11) is 0. The molecule has 1 saturated carbocycles.